The summed E-state index contributed by atoms with van der Waals surface area (Å²) in [6.45, 7) is 4.78. The average molecular weight is 330 g/mol. The molecule has 1 saturated heterocycles. The molecule has 0 saturated carbocycles. The van der Waals surface area contributed by atoms with Gasteiger partial charge in [-0.05, 0) is 19.9 Å². The van der Waals surface area contributed by atoms with E-state index in [-0.39, 0.29) is 5.75 Å². The van der Waals surface area contributed by atoms with Crippen LogP contribution in [0.3, 0.4) is 0 Å². The summed E-state index contributed by atoms with van der Waals surface area (Å²) in [5, 5.41) is 0. The SMILES string of the molecule is COc1c([C@H]2C(OC(C)=O)OC(C)(C)[C@H]2OC)ccc(F)c1F. The predicted octanol–water partition coefficient (Wildman–Crippen LogP) is 2.77. The number of benzene rings is 1. The molecular weight excluding hydrogens is 310 g/mol. The maximum atomic E-state index is 14.0. The maximum Gasteiger partial charge on any atom is 0.304 e. The molecule has 0 radical (unpaired) electrons. The van der Waals surface area contributed by atoms with Gasteiger partial charge in [-0.3, -0.25) is 4.79 Å². The summed E-state index contributed by atoms with van der Waals surface area (Å²) >= 11 is 0. The minimum absolute atomic E-state index is 0.254. The van der Waals surface area contributed by atoms with Crippen LogP contribution in [-0.4, -0.2) is 38.2 Å². The molecule has 0 aliphatic carbocycles. The van der Waals surface area contributed by atoms with Crippen molar-refractivity contribution in [3.8, 4) is 5.75 Å². The van der Waals surface area contributed by atoms with E-state index in [2.05, 4.69) is 0 Å². The lowest BCUT2D eigenvalue weighted by molar-refractivity contribution is -0.185. The highest BCUT2D eigenvalue weighted by atomic mass is 19.2. The number of halogens is 2. The van der Waals surface area contributed by atoms with Crippen molar-refractivity contribution in [3.05, 3.63) is 29.3 Å². The van der Waals surface area contributed by atoms with Gasteiger partial charge in [0.05, 0.1) is 24.7 Å². The zero-order valence-corrected chi connectivity index (χ0v) is 13.7. The van der Waals surface area contributed by atoms with Crippen molar-refractivity contribution >= 4 is 5.97 Å². The first-order valence-electron chi connectivity index (χ1n) is 7.12. The van der Waals surface area contributed by atoms with Crippen LogP contribution in [-0.2, 0) is 19.0 Å². The van der Waals surface area contributed by atoms with Crippen molar-refractivity contribution in [1.82, 2.24) is 0 Å². The van der Waals surface area contributed by atoms with Crippen molar-refractivity contribution in [2.45, 2.75) is 44.7 Å². The Morgan fingerprint density at radius 2 is 1.91 bits per heavy atom. The van der Waals surface area contributed by atoms with Gasteiger partial charge in [0.1, 0.15) is 0 Å². The van der Waals surface area contributed by atoms with Crippen LogP contribution in [0, 0.1) is 11.6 Å². The van der Waals surface area contributed by atoms with Gasteiger partial charge in [0.2, 0.25) is 12.1 Å². The Hall–Kier alpha value is -1.73. The minimum atomic E-state index is -1.11. The van der Waals surface area contributed by atoms with Crippen molar-refractivity contribution in [2.24, 2.45) is 0 Å². The monoisotopic (exact) mass is 330 g/mol. The van der Waals surface area contributed by atoms with Gasteiger partial charge in [-0.15, -0.1) is 0 Å². The lowest BCUT2D eigenvalue weighted by atomic mass is 9.86. The summed E-state index contributed by atoms with van der Waals surface area (Å²) in [5.74, 6) is -3.60. The number of rotatable bonds is 4. The van der Waals surface area contributed by atoms with Crippen molar-refractivity contribution < 1.29 is 32.5 Å². The molecule has 1 fully saturated rings. The molecule has 1 aliphatic heterocycles. The Morgan fingerprint density at radius 3 is 2.43 bits per heavy atom. The quantitative estimate of drug-likeness (QED) is 0.795. The molecule has 1 heterocycles. The Kier molecular flexibility index (Phi) is 4.91. The van der Waals surface area contributed by atoms with Gasteiger partial charge < -0.3 is 18.9 Å². The molecule has 1 aromatic rings. The molecule has 1 aromatic carbocycles. The molecule has 3 atom stereocenters. The summed E-state index contributed by atoms with van der Waals surface area (Å²) in [7, 11) is 2.72. The van der Waals surface area contributed by atoms with Crippen LogP contribution < -0.4 is 4.74 Å². The van der Waals surface area contributed by atoms with Crippen molar-refractivity contribution in [3.63, 3.8) is 0 Å². The number of ether oxygens (including phenoxy) is 4. The highest BCUT2D eigenvalue weighted by molar-refractivity contribution is 5.66. The molecule has 5 nitrogen and oxygen atoms in total. The number of esters is 1. The summed E-state index contributed by atoms with van der Waals surface area (Å²) in [6, 6.07) is 2.38. The fourth-order valence-electron chi connectivity index (χ4n) is 3.03. The molecule has 0 amide bonds. The van der Waals surface area contributed by atoms with Gasteiger partial charge in [0, 0.05) is 19.6 Å². The summed E-state index contributed by atoms with van der Waals surface area (Å²) in [4.78, 5) is 11.3. The van der Waals surface area contributed by atoms with Crippen LogP contribution in [0.25, 0.3) is 0 Å². The number of carbonyl (C=O) groups is 1. The van der Waals surface area contributed by atoms with Gasteiger partial charge >= 0.3 is 5.97 Å². The average Bonchev–Trinajstić information content (AvgIpc) is 2.70. The van der Waals surface area contributed by atoms with Crippen LogP contribution in [0.1, 0.15) is 32.3 Å². The van der Waals surface area contributed by atoms with E-state index in [1.807, 2.05) is 0 Å². The van der Waals surface area contributed by atoms with E-state index in [1.54, 1.807) is 13.8 Å². The van der Waals surface area contributed by atoms with E-state index in [9.17, 15) is 13.6 Å². The first-order valence-corrected chi connectivity index (χ1v) is 7.12. The third kappa shape index (κ3) is 3.16. The van der Waals surface area contributed by atoms with E-state index in [4.69, 9.17) is 18.9 Å². The van der Waals surface area contributed by atoms with Crippen LogP contribution in [0.2, 0.25) is 0 Å². The van der Waals surface area contributed by atoms with Crippen LogP contribution in [0.4, 0.5) is 8.78 Å². The largest absolute Gasteiger partial charge is 0.493 e. The van der Waals surface area contributed by atoms with E-state index >= 15 is 0 Å². The Labute approximate surface area is 133 Å². The molecule has 1 unspecified atom stereocenters. The lowest BCUT2D eigenvalue weighted by Crippen LogP contribution is -2.36. The molecule has 128 valence electrons. The van der Waals surface area contributed by atoms with E-state index in [0.717, 1.165) is 6.07 Å². The molecule has 23 heavy (non-hydrogen) atoms. The normalized spacial score (nSPS) is 26.1. The van der Waals surface area contributed by atoms with Gasteiger partial charge in [0.25, 0.3) is 0 Å². The zero-order chi connectivity index (χ0) is 17.4. The smallest absolute Gasteiger partial charge is 0.304 e. The fourth-order valence-corrected chi connectivity index (χ4v) is 3.03. The van der Waals surface area contributed by atoms with Crippen molar-refractivity contribution in [2.75, 3.05) is 14.2 Å². The number of methoxy groups -OCH3 is 2. The molecule has 7 heteroatoms. The molecule has 1 aliphatic rings. The standard InChI is InChI=1S/C16H20F2O5/c1-8(19)22-15-11(14(21-5)16(2,3)23-15)9-6-7-10(17)12(18)13(9)20-4/h6-7,11,14-15H,1-5H3/t11-,14+,15?/m1/s1. The van der Waals surface area contributed by atoms with Gasteiger partial charge in [-0.2, -0.15) is 4.39 Å². The van der Waals surface area contributed by atoms with Crippen LogP contribution in [0.5, 0.6) is 5.75 Å². The minimum Gasteiger partial charge on any atom is -0.493 e. The second kappa shape index (κ2) is 6.41. The summed E-state index contributed by atoms with van der Waals surface area (Å²) in [5.41, 5.74) is -0.481. The second-order valence-corrected chi connectivity index (χ2v) is 5.87. The number of hydrogen-bond donors (Lipinski definition) is 0. The topological polar surface area (TPSA) is 54.0 Å². The van der Waals surface area contributed by atoms with Gasteiger partial charge in [-0.1, -0.05) is 6.07 Å². The highest BCUT2D eigenvalue weighted by Gasteiger charge is 2.53. The zero-order valence-electron chi connectivity index (χ0n) is 13.7. The molecule has 2 rings (SSSR count). The maximum absolute atomic E-state index is 14.0. The second-order valence-electron chi connectivity index (χ2n) is 5.87. The van der Waals surface area contributed by atoms with E-state index in [1.165, 1.54) is 27.2 Å². The fraction of sp³-hybridized carbons (Fsp3) is 0.562. The lowest BCUT2D eigenvalue weighted by Gasteiger charge is -2.27. The predicted molar refractivity (Wildman–Crippen MR) is 77.2 cm³/mol. The number of carbonyl (C=O) groups excluding carboxylic acids is 1. The van der Waals surface area contributed by atoms with E-state index < -0.39 is 41.5 Å². The Morgan fingerprint density at radius 1 is 1.26 bits per heavy atom. The van der Waals surface area contributed by atoms with Crippen molar-refractivity contribution in [1.29, 1.82) is 0 Å². The first kappa shape index (κ1) is 17.6. The van der Waals surface area contributed by atoms with Crippen LogP contribution in [0.15, 0.2) is 12.1 Å². The third-order valence-corrected chi connectivity index (χ3v) is 3.90. The van der Waals surface area contributed by atoms with Gasteiger partial charge in [-0.25, -0.2) is 4.39 Å². The van der Waals surface area contributed by atoms with Crippen LogP contribution >= 0.6 is 0 Å². The molecule has 0 N–H and O–H groups in total. The molecule has 0 spiro atoms. The highest BCUT2D eigenvalue weighted by Crippen LogP contribution is 2.46. The molecule has 0 bridgehead atoms. The summed E-state index contributed by atoms with van der Waals surface area (Å²) < 4.78 is 49.0. The first-order chi connectivity index (χ1) is 10.7. The number of hydrogen-bond acceptors (Lipinski definition) is 5. The Balaban J connectivity index is 2.56. The molecular formula is C16H20F2O5. The Bertz CT molecular complexity index is 602. The van der Waals surface area contributed by atoms with E-state index in [0.29, 0.717) is 5.56 Å². The summed E-state index contributed by atoms with van der Waals surface area (Å²) in [6.07, 6.45) is -1.54. The van der Waals surface area contributed by atoms with Gasteiger partial charge in [0.15, 0.2) is 11.6 Å². The third-order valence-electron chi connectivity index (χ3n) is 3.90. The molecule has 0 aromatic heterocycles.